The van der Waals surface area contributed by atoms with Gasteiger partial charge in [-0.1, -0.05) is 18.2 Å². The van der Waals surface area contributed by atoms with Crippen molar-refractivity contribution < 1.29 is 9.18 Å². The molecular formula is C25H24FN5OS. The average Bonchev–Trinajstić information content (AvgIpc) is 3.27. The zero-order chi connectivity index (χ0) is 22.6. The second-order valence-electron chi connectivity index (χ2n) is 7.96. The molecule has 1 fully saturated rings. The van der Waals surface area contributed by atoms with Gasteiger partial charge in [0.1, 0.15) is 23.2 Å². The summed E-state index contributed by atoms with van der Waals surface area (Å²) in [5.74, 6) is 1.55. The zero-order valence-corrected chi connectivity index (χ0v) is 18.9. The summed E-state index contributed by atoms with van der Waals surface area (Å²) in [6, 6.07) is 16.4. The second-order valence-corrected chi connectivity index (χ2v) is 8.93. The van der Waals surface area contributed by atoms with Crippen molar-refractivity contribution in [2.45, 2.75) is 17.3 Å². The van der Waals surface area contributed by atoms with E-state index in [4.69, 9.17) is 0 Å². The minimum atomic E-state index is -0.233. The molecule has 1 aliphatic heterocycles. The third kappa shape index (κ3) is 4.85. The van der Waals surface area contributed by atoms with E-state index in [0.29, 0.717) is 25.4 Å². The quantitative estimate of drug-likeness (QED) is 0.403. The summed E-state index contributed by atoms with van der Waals surface area (Å²) in [5, 5.41) is 1.93. The predicted octanol–water partition coefficient (Wildman–Crippen LogP) is 4.21. The predicted molar refractivity (Wildman–Crippen MR) is 129 cm³/mol. The van der Waals surface area contributed by atoms with Gasteiger partial charge in [0.15, 0.2) is 0 Å². The Balaban J connectivity index is 1.23. The van der Waals surface area contributed by atoms with Crippen molar-refractivity contribution in [1.82, 2.24) is 19.4 Å². The van der Waals surface area contributed by atoms with Crippen LogP contribution >= 0.6 is 11.8 Å². The number of anilines is 1. The Bertz CT molecular complexity index is 1240. The standard InChI is InChI=1S/C25H24FN5OS/c26-20-6-4-19(5-7-20)18-33-25-21-9-12-31(22(21)8-11-28-25)17-24(32)30-15-13-29(14-16-30)23-3-1-2-10-27-23/h1-12H,13-18H2. The zero-order valence-electron chi connectivity index (χ0n) is 18.1. The van der Waals surface area contributed by atoms with Crippen LogP contribution in [0.5, 0.6) is 0 Å². The highest BCUT2D eigenvalue weighted by Gasteiger charge is 2.22. The first kappa shape index (κ1) is 21.5. The normalized spacial score (nSPS) is 14.1. The number of aromatic nitrogens is 3. The third-order valence-corrected chi connectivity index (χ3v) is 6.94. The van der Waals surface area contributed by atoms with Crippen LogP contribution in [0.4, 0.5) is 10.2 Å². The van der Waals surface area contributed by atoms with E-state index in [1.807, 2.05) is 46.0 Å². The van der Waals surface area contributed by atoms with Crippen molar-refractivity contribution in [2.75, 3.05) is 31.1 Å². The first-order valence-corrected chi connectivity index (χ1v) is 11.9. The van der Waals surface area contributed by atoms with Gasteiger partial charge in [-0.15, -0.1) is 11.8 Å². The highest BCUT2D eigenvalue weighted by Crippen LogP contribution is 2.29. The third-order valence-electron chi connectivity index (χ3n) is 5.86. The smallest absolute Gasteiger partial charge is 0.242 e. The van der Waals surface area contributed by atoms with Crippen molar-refractivity contribution >= 4 is 34.4 Å². The number of benzene rings is 1. The number of hydrogen-bond acceptors (Lipinski definition) is 5. The van der Waals surface area contributed by atoms with Crippen LogP contribution in [-0.2, 0) is 17.1 Å². The van der Waals surface area contributed by atoms with Crippen molar-refractivity contribution in [2.24, 2.45) is 0 Å². The van der Waals surface area contributed by atoms with Crippen LogP contribution in [-0.4, -0.2) is 51.5 Å². The summed E-state index contributed by atoms with van der Waals surface area (Å²) < 4.78 is 15.1. The molecule has 0 atom stereocenters. The number of carbonyl (C=O) groups excluding carboxylic acids is 1. The molecule has 0 bridgehead atoms. The molecule has 6 nitrogen and oxygen atoms in total. The van der Waals surface area contributed by atoms with Gasteiger partial charge in [-0.05, 0) is 42.0 Å². The molecule has 0 radical (unpaired) electrons. The Kier molecular flexibility index (Phi) is 6.26. The number of carbonyl (C=O) groups is 1. The van der Waals surface area contributed by atoms with Crippen LogP contribution in [0.25, 0.3) is 10.9 Å². The number of piperazine rings is 1. The van der Waals surface area contributed by atoms with Crippen LogP contribution in [0.1, 0.15) is 5.56 Å². The van der Waals surface area contributed by atoms with Crippen molar-refractivity contribution in [3.63, 3.8) is 0 Å². The van der Waals surface area contributed by atoms with Gasteiger partial charge in [-0.3, -0.25) is 4.79 Å². The molecule has 0 saturated carbocycles. The van der Waals surface area contributed by atoms with Gasteiger partial charge in [0.25, 0.3) is 0 Å². The summed E-state index contributed by atoms with van der Waals surface area (Å²) in [6.45, 7) is 3.25. The van der Waals surface area contributed by atoms with E-state index in [2.05, 4.69) is 14.9 Å². The highest BCUT2D eigenvalue weighted by atomic mass is 32.2. The van der Waals surface area contributed by atoms with E-state index in [1.54, 1.807) is 36.3 Å². The molecule has 0 unspecified atom stereocenters. The largest absolute Gasteiger partial charge is 0.353 e. The maximum absolute atomic E-state index is 13.1. The molecule has 4 heterocycles. The van der Waals surface area contributed by atoms with Crippen LogP contribution in [0, 0.1) is 5.82 Å². The minimum Gasteiger partial charge on any atom is -0.353 e. The Hall–Kier alpha value is -3.39. The van der Waals surface area contributed by atoms with E-state index in [1.165, 1.54) is 12.1 Å². The van der Waals surface area contributed by atoms with Gasteiger partial charge in [-0.2, -0.15) is 0 Å². The molecule has 8 heteroatoms. The van der Waals surface area contributed by atoms with Gasteiger partial charge in [0.2, 0.25) is 5.91 Å². The lowest BCUT2D eigenvalue weighted by molar-refractivity contribution is -0.132. The molecule has 4 aromatic rings. The van der Waals surface area contributed by atoms with Crippen molar-refractivity contribution in [1.29, 1.82) is 0 Å². The highest BCUT2D eigenvalue weighted by molar-refractivity contribution is 7.98. The lowest BCUT2D eigenvalue weighted by Gasteiger charge is -2.35. The number of fused-ring (bicyclic) bond motifs is 1. The maximum Gasteiger partial charge on any atom is 0.242 e. The Morgan fingerprint density at radius 2 is 1.76 bits per heavy atom. The number of pyridine rings is 2. The first-order valence-electron chi connectivity index (χ1n) is 10.9. The van der Waals surface area contributed by atoms with Crippen LogP contribution < -0.4 is 4.90 Å². The van der Waals surface area contributed by atoms with Crippen LogP contribution in [0.2, 0.25) is 0 Å². The molecule has 168 valence electrons. The molecule has 0 N–H and O–H groups in total. The molecule has 1 aromatic carbocycles. The number of hydrogen-bond donors (Lipinski definition) is 0. The molecule has 0 aliphatic carbocycles. The topological polar surface area (TPSA) is 54.3 Å². The summed E-state index contributed by atoms with van der Waals surface area (Å²) in [6.07, 6.45) is 5.53. The SMILES string of the molecule is O=C(Cn1ccc2c(SCc3ccc(F)cc3)nccc21)N1CCN(c2ccccn2)CC1. The fourth-order valence-corrected chi connectivity index (χ4v) is 5.01. The van der Waals surface area contributed by atoms with Gasteiger partial charge in [-0.25, -0.2) is 14.4 Å². The molecule has 1 amide bonds. The first-order chi connectivity index (χ1) is 16.2. The number of halogens is 1. The summed E-state index contributed by atoms with van der Waals surface area (Å²) in [5.41, 5.74) is 2.03. The Morgan fingerprint density at radius 1 is 0.939 bits per heavy atom. The summed E-state index contributed by atoms with van der Waals surface area (Å²) in [4.78, 5) is 26.1. The molecular weight excluding hydrogens is 437 g/mol. The van der Waals surface area contributed by atoms with Crippen molar-refractivity contribution in [3.05, 3.63) is 84.6 Å². The molecule has 3 aromatic heterocycles. The van der Waals surface area contributed by atoms with Gasteiger partial charge >= 0.3 is 0 Å². The van der Waals surface area contributed by atoms with E-state index in [0.717, 1.165) is 40.4 Å². The number of thioether (sulfide) groups is 1. The van der Waals surface area contributed by atoms with E-state index < -0.39 is 0 Å². The van der Waals surface area contributed by atoms with Crippen LogP contribution in [0.3, 0.4) is 0 Å². The van der Waals surface area contributed by atoms with Crippen molar-refractivity contribution in [3.8, 4) is 0 Å². The van der Waals surface area contributed by atoms with Gasteiger partial charge in [0, 0.05) is 55.9 Å². The lowest BCUT2D eigenvalue weighted by atomic mass is 10.2. The van der Waals surface area contributed by atoms with Crippen LogP contribution in [0.15, 0.2) is 78.2 Å². The molecule has 5 rings (SSSR count). The maximum atomic E-state index is 13.1. The fourth-order valence-electron chi connectivity index (χ4n) is 4.05. The summed E-state index contributed by atoms with van der Waals surface area (Å²) >= 11 is 1.61. The fraction of sp³-hybridized carbons (Fsp3) is 0.240. The Morgan fingerprint density at radius 3 is 2.52 bits per heavy atom. The number of amides is 1. The second kappa shape index (κ2) is 9.62. The average molecular weight is 462 g/mol. The molecule has 1 aliphatic rings. The Labute approximate surface area is 196 Å². The molecule has 33 heavy (non-hydrogen) atoms. The molecule has 0 spiro atoms. The van der Waals surface area contributed by atoms with E-state index in [9.17, 15) is 9.18 Å². The molecule has 1 saturated heterocycles. The number of nitrogens with zero attached hydrogens (tertiary/aromatic N) is 5. The summed E-state index contributed by atoms with van der Waals surface area (Å²) in [7, 11) is 0. The van der Waals surface area contributed by atoms with Gasteiger partial charge < -0.3 is 14.4 Å². The minimum absolute atomic E-state index is 0.116. The lowest BCUT2D eigenvalue weighted by Crippen LogP contribution is -2.49. The van der Waals surface area contributed by atoms with E-state index >= 15 is 0 Å². The monoisotopic (exact) mass is 461 g/mol. The van der Waals surface area contributed by atoms with Gasteiger partial charge in [0.05, 0.1) is 5.52 Å². The number of rotatable bonds is 6. The van der Waals surface area contributed by atoms with E-state index in [-0.39, 0.29) is 11.7 Å².